The number of fused-ring (bicyclic) bond motifs is 1. The summed E-state index contributed by atoms with van der Waals surface area (Å²) in [5.74, 6) is 1.09. The summed E-state index contributed by atoms with van der Waals surface area (Å²) in [6.07, 6.45) is 5.15. The summed E-state index contributed by atoms with van der Waals surface area (Å²) >= 11 is 1.56. The number of amidine groups is 1. The summed E-state index contributed by atoms with van der Waals surface area (Å²) in [6, 6.07) is 6.01. The third-order valence-corrected chi connectivity index (χ3v) is 8.70. The molecule has 2 saturated heterocycles. The van der Waals surface area contributed by atoms with Crippen LogP contribution in [0, 0.1) is 41.3 Å². The summed E-state index contributed by atoms with van der Waals surface area (Å²) in [7, 11) is 0. The lowest BCUT2D eigenvalue weighted by Crippen LogP contribution is -2.49. The molecule has 6 rings (SSSR count). The van der Waals surface area contributed by atoms with Crippen LogP contribution < -0.4 is 0 Å². The molecule has 7 heteroatoms. The second-order valence-electron chi connectivity index (χ2n) is 9.83. The molecule has 5 aliphatic rings. The number of benzene rings is 1. The molecule has 170 valence electrons. The highest BCUT2D eigenvalue weighted by Gasteiger charge is 2.62. The molecule has 0 aromatic heterocycles. The number of carbonyl (C=O) groups is 2. The monoisotopic (exact) mass is 455 g/mol. The number of carbonyl (C=O) groups excluding carboxylic acids is 2. The maximum absolute atomic E-state index is 13.8. The Kier molecular flexibility index (Phi) is 5.64. The molecule has 0 N–H and O–H groups in total. The fourth-order valence-electron chi connectivity index (χ4n) is 6.06. The molecule has 2 bridgehead atoms. The van der Waals surface area contributed by atoms with Crippen molar-refractivity contribution in [2.75, 3.05) is 12.3 Å². The summed E-state index contributed by atoms with van der Waals surface area (Å²) in [4.78, 5) is 32.3. The van der Waals surface area contributed by atoms with Crippen LogP contribution in [-0.4, -0.2) is 39.3 Å². The zero-order valence-corrected chi connectivity index (χ0v) is 19.6. The number of hydrazine groups is 1. The van der Waals surface area contributed by atoms with Crippen LogP contribution in [0.25, 0.3) is 0 Å². The van der Waals surface area contributed by atoms with Crippen LogP contribution in [0.15, 0.2) is 40.9 Å². The molecule has 1 aromatic rings. The molecule has 5 atom stereocenters. The zero-order chi connectivity index (χ0) is 22.6. The van der Waals surface area contributed by atoms with Crippen molar-refractivity contribution in [3.63, 3.8) is 0 Å². The van der Waals surface area contributed by atoms with Gasteiger partial charge in [-0.15, -0.1) is 0 Å². The van der Waals surface area contributed by atoms with Crippen LogP contribution in [0.3, 0.4) is 0 Å². The predicted octanol–water partition coefficient (Wildman–Crippen LogP) is 5.03. The van der Waals surface area contributed by atoms with Gasteiger partial charge in [-0.1, -0.05) is 37.3 Å². The number of imide groups is 1. The van der Waals surface area contributed by atoms with Gasteiger partial charge < -0.3 is 0 Å². The molecule has 32 heavy (non-hydrogen) atoms. The number of aliphatic imine (C=N–C) groups is 1. The maximum atomic E-state index is 13.8. The van der Waals surface area contributed by atoms with Crippen LogP contribution >= 0.6 is 11.8 Å². The van der Waals surface area contributed by atoms with E-state index in [1.165, 1.54) is 22.7 Å². The number of thioether (sulfide) groups is 1. The van der Waals surface area contributed by atoms with Crippen molar-refractivity contribution in [2.45, 2.75) is 40.0 Å². The quantitative estimate of drug-likeness (QED) is 0.474. The molecule has 2 unspecified atom stereocenters. The third kappa shape index (κ3) is 3.49. The zero-order valence-electron chi connectivity index (χ0n) is 18.8. The highest BCUT2D eigenvalue weighted by molar-refractivity contribution is 8.13. The summed E-state index contributed by atoms with van der Waals surface area (Å²) in [5.41, 5.74) is 1.89. The molecule has 1 saturated carbocycles. The van der Waals surface area contributed by atoms with E-state index in [-0.39, 0.29) is 41.3 Å². The van der Waals surface area contributed by atoms with Crippen molar-refractivity contribution < 1.29 is 14.0 Å². The van der Waals surface area contributed by atoms with Gasteiger partial charge >= 0.3 is 0 Å². The van der Waals surface area contributed by atoms with Crippen molar-refractivity contribution in [1.82, 2.24) is 10.0 Å². The molecule has 1 aromatic carbocycles. The second-order valence-corrected chi connectivity index (χ2v) is 10.9. The van der Waals surface area contributed by atoms with Crippen LogP contribution in [0.1, 0.15) is 40.0 Å². The van der Waals surface area contributed by atoms with Gasteiger partial charge in [0.2, 0.25) is 0 Å². The lowest BCUT2D eigenvalue weighted by Gasteiger charge is -2.48. The van der Waals surface area contributed by atoms with Gasteiger partial charge in [-0.2, -0.15) is 5.01 Å². The molecular weight excluding hydrogens is 425 g/mol. The van der Waals surface area contributed by atoms with Crippen LogP contribution in [-0.2, 0) is 9.59 Å². The number of allylic oxidation sites excluding steroid dienone is 2. The first-order valence-corrected chi connectivity index (χ1v) is 12.7. The summed E-state index contributed by atoms with van der Waals surface area (Å²) < 4.78 is 13.4. The average Bonchev–Trinajstić information content (AvgIpc) is 2.90. The van der Waals surface area contributed by atoms with E-state index in [0.717, 1.165) is 25.0 Å². The largest absolute Gasteiger partial charge is 0.272 e. The van der Waals surface area contributed by atoms with E-state index in [1.54, 1.807) is 23.9 Å². The fraction of sp³-hybridized carbons (Fsp3) is 0.560. The Labute approximate surface area is 193 Å². The minimum absolute atomic E-state index is 0.0704. The molecule has 5 nitrogen and oxygen atoms in total. The minimum atomic E-state index is -0.314. The van der Waals surface area contributed by atoms with Gasteiger partial charge in [0.25, 0.3) is 11.8 Å². The SMILES string of the molecule is CC1=C[C@@H]2C3C(=O)N(N4CCCCSC4=Nc4ccc(F)cc4)C(=O)C3[C@H]1C[C@@H]2C(C)C. The Morgan fingerprint density at radius 2 is 1.81 bits per heavy atom. The fourth-order valence-corrected chi connectivity index (χ4v) is 7.09. The third-order valence-electron chi connectivity index (χ3n) is 7.65. The van der Waals surface area contributed by atoms with Crippen molar-refractivity contribution in [1.29, 1.82) is 0 Å². The smallest absolute Gasteiger partial charge is 0.252 e. The van der Waals surface area contributed by atoms with Crippen molar-refractivity contribution in [3.8, 4) is 0 Å². The van der Waals surface area contributed by atoms with Crippen LogP contribution in [0.5, 0.6) is 0 Å². The first kappa shape index (κ1) is 21.7. The molecule has 2 amide bonds. The summed E-state index contributed by atoms with van der Waals surface area (Å²) in [6.45, 7) is 7.15. The second kappa shape index (κ2) is 8.32. The Balaban J connectivity index is 1.50. The highest BCUT2D eigenvalue weighted by atomic mass is 32.2. The Morgan fingerprint density at radius 3 is 2.53 bits per heavy atom. The molecule has 3 fully saturated rings. The number of halogens is 1. The molecule has 0 radical (unpaired) electrons. The van der Waals surface area contributed by atoms with Gasteiger partial charge in [0.1, 0.15) is 5.82 Å². The standard InChI is InChI=1S/C25H30FN3O2S/c1-14(2)18-13-19-15(3)12-20(18)22-21(19)23(30)29(24(22)31)28-10-4-5-11-32-25(28)27-17-8-6-16(26)7-9-17/h6-9,12,14,18-22H,4-5,10-11,13H2,1-3H3/t18-,19+,20+,21?,22?/m1/s1. The Morgan fingerprint density at radius 1 is 1.09 bits per heavy atom. The number of amides is 2. The maximum Gasteiger partial charge on any atom is 0.252 e. The van der Waals surface area contributed by atoms with E-state index in [2.05, 4.69) is 26.8 Å². The van der Waals surface area contributed by atoms with E-state index >= 15 is 0 Å². The topological polar surface area (TPSA) is 53.0 Å². The van der Waals surface area contributed by atoms with Crippen molar-refractivity contribution >= 4 is 34.4 Å². The molecule has 2 heterocycles. The molecular formula is C25H30FN3O2S. The van der Waals surface area contributed by atoms with Gasteiger partial charge in [0.05, 0.1) is 17.5 Å². The van der Waals surface area contributed by atoms with E-state index in [0.29, 0.717) is 29.2 Å². The Hall–Kier alpha value is -2.15. The Bertz CT molecular complexity index is 989. The van der Waals surface area contributed by atoms with E-state index in [4.69, 9.17) is 4.99 Å². The normalized spacial score (nSPS) is 33.7. The van der Waals surface area contributed by atoms with Crippen molar-refractivity contribution in [3.05, 3.63) is 41.7 Å². The number of hydrogen-bond donors (Lipinski definition) is 0. The average molecular weight is 456 g/mol. The number of rotatable bonds is 3. The first-order chi connectivity index (χ1) is 15.4. The number of hydrogen-bond acceptors (Lipinski definition) is 4. The molecule has 0 spiro atoms. The highest BCUT2D eigenvalue weighted by Crippen LogP contribution is 2.56. The minimum Gasteiger partial charge on any atom is -0.272 e. The van der Waals surface area contributed by atoms with Gasteiger partial charge in [-0.05, 0) is 74.1 Å². The van der Waals surface area contributed by atoms with Gasteiger partial charge in [-0.25, -0.2) is 9.38 Å². The lowest BCUT2D eigenvalue weighted by atomic mass is 9.54. The lowest BCUT2D eigenvalue weighted by molar-refractivity contribution is -0.152. The van der Waals surface area contributed by atoms with Gasteiger partial charge in [0.15, 0.2) is 5.17 Å². The van der Waals surface area contributed by atoms with Crippen molar-refractivity contribution in [2.24, 2.45) is 40.5 Å². The first-order valence-electron chi connectivity index (χ1n) is 11.7. The van der Waals surface area contributed by atoms with E-state index < -0.39 is 0 Å². The molecule has 2 aliphatic heterocycles. The predicted molar refractivity (Wildman–Crippen MR) is 124 cm³/mol. The number of nitrogens with zero attached hydrogens (tertiary/aromatic N) is 3. The molecule has 3 aliphatic carbocycles. The van der Waals surface area contributed by atoms with Crippen LogP contribution in [0.2, 0.25) is 0 Å². The van der Waals surface area contributed by atoms with E-state index in [9.17, 15) is 14.0 Å². The van der Waals surface area contributed by atoms with E-state index in [1.807, 2.05) is 5.01 Å². The van der Waals surface area contributed by atoms with Gasteiger partial charge in [0, 0.05) is 12.3 Å². The summed E-state index contributed by atoms with van der Waals surface area (Å²) in [5, 5.41) is 3.88. The van der Waals surface area contributed by atoms with Gasteiger partial charge in [-0.3, -0.25) is 14.6 Å². The van der Waals surface area contributed by atoms with Crippen LogP contribution in [0.4, 0.5) is 10.1 Å².